The van der Waals surface area contributed by atoms with E-state index in [1.54, 1.807) is 12.4 Å². The van der Waals surface area contributed by atoms with Gasteiger partial charge in [-0.2, -0.15) is 12.4 Å². The first-order valence-electron chi connectivity index (χ1n) is 7.77. The molecule has 0 aliphatic heterocycles. The van der Waals surface area contributed by atoms with Gasteiger partial charge in [-0.3, -0.25) is 9.98 Å². The van der Waals surface area contributed by atoms with E-state index in [2.05, 4.69) is 26.5 Å². The predicted molar refractivity (Wildman–Crippen MR) is 97.7 cm³/mol. The molecular weight excluding hydrogens is 491 g/mol. The van der Waals surface area contributed by atoms with Crippen LogP contribution in [-0.4, -0.2) is 10.7 Å². The summed E-state index contributed by atoms with van der Waals surface area (Å²) in [6.07, 6.45) is 8.07. The molecule has 0 unspecified atom stereocenters. The Kier molecular flexibility index (Phi) is 6.90. The average Bonchev–Trinajstić information content (AvgIpc) is 3.29. The molecule has 25 heavy (non-hydrogen) atoms. The van der Waals surface area contributed by atoms with Crippen molar-refractivity contribution in [3.05, 3.63) is 85.0 Å². The molecule has 3 aromatic rings. The zero-order chi connectivity index (χ0) is 16.8. The van der Waals surface area contributed by atoms with Gasteiger partial charge in [0.25, 0.3) is 0 Å². The summed E-state index contributed by atoms with van der Waals surface area (Å²) in [5.41, 5.74) is 5.03. The number of hydrogen-bond donors (Lipinski definition) is 0. The van der Waals surface area contributed by atoms with E-state index in [4.69, 9.17) is 0 Å². The second-order valence-electron chi connectivity index (χ2n) is 5.29. The van der Waals surface area contributed by atoms with Crippen molar-refractivity contribution in [1.29, 1.82) is 0 Å². The summed E-state index contributed by atoms with van der Waals surface area (Å²) in [5.74, 6) is 0. The van der Waals surface area contributed by atoms with Gasteiger partial charge in [-0.1, -0.05) is 43.0 Å². The first-order valence-corrected chi connectivity index (χ1v) is 7.77. The van der Waals surface area contributed by atoms with Crippen LogP contribution in [0.4, 0.5) is 0 Å². The second kappa shape index (κ2) is 9.14. The number of allylic oxidation sites excluding steroid dienone is 2. The van der Waals surface area contributed by atoms with Crippen molar-refractivity contribution in [1.82, 2.24) is 15.0 Å². The number of nitrogens with zero attached hydrogens (tertiary/aromatic N) is 4. The van der Waals surface area contributed by atoms with Crippen molar-refractivity contribution in [2.75, 3.05) is 0 Å². The number of aliphatic imine (C=N–C) groups is 1. The first-order chi connectivity index (χ1) is 11.8. The smallest absolute Gasteiger partial charge is 0.662 e. The fourth-order valence-corrected chi connectivity index (χ4v) is 2.39. The Hall–Kier alpha value is -2.45. The minimum Gasteiger partial charge on any atom is -0.662 e. The van der Waals surface area contributed by atoms with Crippen molar-refractivity contribution >= 4 is 11.4 Å². The van der Waals surface area contributed by atoms with Gasteiger partial charge in [-0.25, -0.2) is 0 Å². The number of hydrogen-bond acceptors (Lipinski definition) is 2. The Morgan fingerprint density at radius 3 is 2.60 bits per heavy atom. The first kappa shape index (κ1) is 18.9. The molecule has 0 fully saturated rings. The Balaban J connectivity index is 0.00000225. The molecule has 0 radical (unpaired) electrons. The van der Waals surface area contributed by atoms with Gasteiger partial charge < -0.3 is 9.97 Å². The SMILES string of the molecule is C=C(N=C(/C=C\C)Cc1cccc(-c2ccc[n-]2)n1)c1ccc[n-]1.[Pt+2]. The van der Waals surface area contributed by atoms with Gasteiger partial charge in [-0.05, 0) is 25.1 Å². The van der Waals surface area contributed by atoms with Crippen molar-refractivity contribution < 1.29 is 21.1 Å². The van der Waals surface area contributed by atoms with Crippen LogP contribution in [0.5, 0.6) is 0 Å². The summed E-state index contributed by atoms with van der Waals surface area (Å²) in [6.45, 7) is 5.97. The molecule has 0 saturated carbocycles. The molecule has 0 aliphatic carbocycles. The zero-order valence-electron chi connectivity index (χ0n) is 13.9. The molecule has 0 bridgehead atoms. The summed E-state index contributed by atoms with van der Waals surface area (Å²) in [6, 6.07) is 13.6. The summed E-state index contributed by atoms with van der Waals surface area (Å²) in [5, 5.41) is 0. The van der Waals surface area contributed by atoms with Gasteiger partial charge in [-0.15, -0.1) is 11.4 Å². The van der Waals surface area contributed by atoms with Crippen molar-refractivity contribution in [2.24, 2.45) is 4.99 Å². The van der Waals surface area contributed by atoms with E-state index in [9.17, 15) is 0 Å². The molecule has 0 amide bonds. The largest absolute Gasteiger partial charge is 2.00 e. The van der Waals surface area contributed by atoms with Gasteiger partial charge >= 0.3 is 21.1 Å². The van der Waals surface area contributed by atoms with Crippen molar-refractivity contribution in [3.63, 3.8) is 0 Å². The molecule has 128 valence electrons. The van der Waals surface area contributed by atoms with E-state index >= 15 is 0 Å². The van der Waals surface area contributed by atoms with Crippen molar-refractivity contribution in [2.45, 2.75) is 13.3 Å². The predicted octanol–water partition coefficient (Wildman–Crippen LogP) is 3.89. The summed E-state index contributed by atoms with van der Waals surface area (Å²) in [4.78, 5) is 17.8. The number of rotatable bonds is 6. The fourth-order valence-electron chi connectivity index (χ4n) is 2.39. The minimum atomic E-state index is 0. The maximum Gasteiger partial charge on any atom is 2.00 e. The van der Waals surface area contributed by atoms with Gasteiger partial charge in [0.15, 0.2) is 0 Å². The Morgan fingerprint density at radius 1 is 1.12 bits per heavy atom. The maximum atomic E-state index is 4.68. The molecule has 0 N–H and O–H groups in total. The van der Waals surface area contributed by atoms with Crippen LogP contribution in [0, 0.1) is 0 Å². The van der Waals surface area contributed by atoms with Crippen LogP contribution in [0.2, 0.25) is 0 Å². The van der Waals surface area contributed by atoms with E-state index < -0.39 is 0 Å². The standard InChI is InChI=1S/C20H18N4.Pt/c1-3-7-16(23-15(2)18-10-5-12-21-18)14-17-8-4-9-20(24-17)19-11-6-13-22-19;/h3-13H,2,14H2,1H3;/q-2;+2/b7-3-,23-16?;. The normalized spacial score (nSPS) is 11.5. The van der Waals surface area contributed by atoms with Crippen LogP contribution in [-0.2, 0) is 27.5 Å². The summed E-state index contributed by atoms with van der Waals surface area (Å²) >= 11 is 0. The van der Waals surface area contributed by atoms with E-state index in [0.29, 0.717) is 12.1 Å². The quantitative estimate of drug-likeness (QED) is 0.474. The van der Waals surface area contributed by atoms with Crippen LogP contribution in [0.3, 0.4) is 0 Å². The molecule has 3 rings (SSSR count). The molecule has 5 heteroatoms. The van der Waals surface area contributed by atoms with E-state index in [1.807, 2.05) is 61.5 Å². The third kappa shape index (κ3) is 5.01. The third-order valence-corrected chi connectivity index (χ3v) is 3.47. The number of pyridine rings is 1. The molecular formula is C20H18N4Pt. The molecule has 0 atom stereocenters. The molecule has 0 spiro atoms. The molecule has 4 nitrogen and oxygen atoms in total. The minimum absolute atomic E-state index is 0. The van der Waals surface area contributed by atoms with Gasteiger partial charge in [0.2, 0.25) is 0 Å². The average molecular weight is 509 g/mol. The summed E-state index contributed by atoms with van der Waals surface area (Å²) in [7, 11) is 0. The van der Waals surface area contributed by atoms with E-state index in [1.165, 1.54) is 0 Å². The second-order valence-corrected chi connectivity index (χ2v) is 5.29. The fraction of sp³-hybridized carbons (Fsp3) is 0.100. The Labute approximate surface area is 162 Å². The van der Waals surface area contributed by atoms with Crippen molar-refractivity contribution in [3.8, 4) is 11.4 Å². The van der Waals surface area contributed by atoms with Gasteiger partial charge in [0.05, 0.1) is 0 Å². The van der Waals surface area contributed by atoms with Crippen LogP contribution >= 0.6 is 0 Å². The Morgan fingerprint density at radius 2 is 1.92 bits per heavy atom. The van der Waals surface area contributed by atoms with E-state index in [0.717, 1.165) is 28.5 Å². The molecule has 0 saturated heterocycles. The van der Waals surface area contributed by atoms with Gasteiger partial charge in [0, 0.05) is 29.2 Å². The molecule has 0 aromatic carbocycles. The molecule has 3 aromatic heterocycles. The van der Waals surface area contributed by atoms with Crippen LogP contribution < -0.4 is 9.97 Å². The van der Waals surface area contributed by atoms with E-state index in [-0.39, 0.29) is 21.1 Å². The summed E-state index contributed by atoms with van der Waals surface area (Å²) < 4.78 is 0. The topological polar surface area (TPSA) is 53.5 Å². The monoisotopic (exact) mass is 509 g/mol. The van der Waals surface area contributed by atoms with Crippen LogP contribution in [0.15, 0.2) is 78.6 Å². The zero-order valence-corrected chi connectivity index (χ0v) is 16.1. The number of aromatic nitrogens is 3. The maximum absolute atomic E-state index is 4.68. The Bertz CT molecular complexity index is 859. The van der Waals surface area contributed by atoms with Crippen LogP contribution in [0.1, 0.15) is 18.3 Å². The third-order valence-electron chi connectivity index (χ3n) is 3.47. The van der Waals surface area contributed by atoms with Gasteiger partial charge in [0.1, 0.15) is 0 Å². The van der Waals surface area contributed by atoms with Crippen LogP contribution in [0.25, 0.3) is 17.1 Å². The molecule has 3 heterocycles. The molecule has 0 aliphatic rings.